The van der Waals surface area contributed by atoms with Crippen LogP contribution in [0.3, 0.4) is 0 Å². The molecule has 0 saturated carbocycles. The monoisotopic (exact) mass is 352 g/mol. The average molecular weight is 352 g/mol. The molecule has 0 spiro atoms. The van der Waals surface area contributed by atoms with E-state index in [1.165, 1.54) is 36.4 Å². The number of alkyl halides is 3. The Labute approximate surface area is 138 Å². The van der Waals surface area contributed by atoms with Gasteiger partial charge in [-0.15, -0.1) is 0 Å². The standard InChI is InChI=1S/C18H15F3O2S/c19-17(20)13-7-12-16(14-8-3-1-4-9-14)18(17,21)24(22,23)15-10-5-2-6-11-15/h1-12,16H,13H2. The molecule has 2 unspecified atom stereocenters. The van der Waals surface area contributed by atoms with Gasteiger partial charge in [-0.25, -0.2) is 21.6 Å². The van der Waals surface area contributed by atoms with Crippen molar-refractivity contribution in [3.05, 3.63) is 78.4 Å². The number of halogens is 3. The van der Waals surface area contributed by atoms with Crippen molar-refractivity contribution < 1.29 is 21.6 Å². The predicted molar refractivity (Wildman–Crippen MR) is 85.4 cm³/mol. The molecule has 2 aromatic carbocycles. The number of hydrogen-bond acceptors (Lipinski definition) is 2. The highest BCUT2D eigenvalue weighted by Gasteiger charge is 2.68. The molecular formula is C18H15F3O2S. The van der Waals surface area contributed by atoms with Crippen molar-refractivity contribution in [1.82, 2.24) is 0 Å². The Kier molecular flexibility index (Phi) is 4.03. The molecule has 2 nitrogen and oxygen atoms in total. The zero-order valence-corrected chi connectivity index (χ0v) is 13.4. The Morgan fingerprint density at radius 1 is 0.875 bits per heavy atom. The number of rotatable bonds is 3. The van der Waals surface area contributed by atoms with Gasteiger partial charge in [0.05, 0.1) is 10.8 Å². The Morgan fingerprint density at radius 3 is 2.00 bits per heavy atom. The fourth-order valence-electron chi connectivity index (χ4n) is 2.96. The Balaban J connectivity index is 2.24. The Hall–Kier alpha value is -2.08. The average Bonchev–Trinajstić information content (AvgIpc) is 2.58. The van der Waals surface area contributed by atoms with E-state index in [9.17, 15) is 17.2 Å². The van der Waals surface area contributed by atoms with E-state index in [0.717, 1.165) is 18.2 Å². The lowest BCUT2D eigenvalue weighted by Gasteiger charge is -2.40. The summed E-state index contributed by atoms with van der Waals surface area (Å²) in [6.07, 6.45) is 1.39. The van der Waals surface area contributed by atoms with Gasteiger partial charge >= 0.3 is 0 Å². The first-order valence-electron chi connectivity index (χ1n) is 7.39. The minimum atomic E-state index is -4.93. The predicted octanol–water partition coefficient (Wildman–Crippen LogP) is 4.51. The topological polar surface area (TPSA) is 34.1 Å². The molecule has 2 atom stereocenters. The largest absolute Gasteiger partial charge is 0.300 e. The maximum absolute atomic E-state index is 15.8. The molecule has 6 heteroatoms. The third-order valence-electron chi connectivity index (χ3n) is 4.20. The summed E-state index contributed by atoms with van der Waals surface area (Å²) in [6, 6.07) is 14.2. The molecule has 0 aromatic heterocycles. The number of sulfone groups is 1. The van der Waals surface area contributed by atoms with E-state index in [-0.39, 0.29) is 5.56 Å². The van der Waals surface area contributed by atoms with Gasteiger partial charge in [0.15, 0.2) is 0 Å². The number of benzene rings is 2. The van der Waals surface area contributed by atoms with Crippen LogP contribution in [0, 0.1) is 0 Å². The summed E-state index contributed by atoms with van der Waals surface area (Å²) < 4.78 is 70.5. The molecular weight excluding hydrogens is 337 g/mol. The molecule has 126 valence electrons. The second kappa shape index (κ2) is 5.77. The summed E-state index contributed by atoms with van der Waals surface area (Å²) in [5, 5.41) is -3.75. The third-order valence-corrected chi connectivity index (χ3v) is 6.43. The molecule has 0 N–H and O–H groups in total. The zero-order valence-electron chi connectivity index (χ0n) is 12.6. The van der Waals surface area contributed by atoms with Crippen LogP contribution in [-0.4, -0.2) is 19.3 Å². The molecule has 24 heavy (non-hydrogen) atoms. The molecule has 0 fully saturated rings. The van der Waals surface area contributed by atoms with Crippen molar-refractivity contribution in [2.75, 3.05) is 0 Å². The van der Waals surface area contributed by atoms with Gasteiger partial charge in [0, 0.05) is 6.42 Å². The van der Waals surface area contributed by atoms with E-state index in [0.29, 0.717) is 0 Å². The van der Waals surface area contributed by atoms with Crippen LogP contribution in [0.25, 0.3) is 0 Å². The summed E-state index contributed by atoms with van der Waals surface area (Å²) in [5.74, 6) is -5.63. The number of allylic oxidation sites excluding steroid dienone is 2. The van der Waals surface area contributed by atoms with Crippen LogP contribution in [0.15, 0.2) is 77.7 Å². The van der Waals surface area contributed by atoms with Crippen molar-refractivity contribution in [3.8, 4) is 0 Å². The molecule has 0 radical (unpaired) electrons. The normalized spacial score (nSPS) is 26.2. The van der Waals surface area contributed by atoms with Crippen LogP contribution in [0.1, 0.15) is 17.9 Å². The van der Waals surface area contributed by atoms with Gasteiger partial charge in [0.25, 0.3) is 10.9 Å². The van der Waals surface area contributed by atoms with Crippen LogP contribution in [0.2, 0.25) is 0 Å². The van der Waals surface area contributed by atoms with E-state index < -0.39 is 38.0 Å². The van der Waals surface area contributed by atoms with Gasteiger partial charge in [-0.05, 0) is 17.7 Å². The van der Waals surface area contributed by atoms with Gasteiger partial charge < -0.3 is 0 Å². The van der Waals surface area contributed by atoms with Crippen LogP contribution in [-0.2, 0) is 9.84 Å². The zero-order chi connectivity index (χ0) is 17.4. The van der Waals surface area contributed by atoms with Gasteiger partial charge in [0.1, 0.15) is 0 Å². The molecule has 0 saturated heterocycles. The van der Waals surface area contributed by atoms with Crippen molar-refractivity contribution in [2.24, 2.45) is 0 Å². The first-order valence-corrected chi connectivity index (χ1v) is 8.87. The van der Waals surface area contributed by atoms with Crippen LogP contribution in [0.5, 0.6) is 0 Å². The maximum atomic E-state index is 15.8. The lowest BCUT2D eigenvalue weighted by Crippen LogP contribution is -2.55. The third kappa shape index (κ3) is 2.36. The van der Waals surface area contributed by atoms with Crippen molar-refractivity contribution in [3.63, 3.8) is 0 Å². The molecule has 0 aliphatic heterocycles. The summed E-state index contributed by atoms with van der Waals surface area (Å²) in [6.45, 7) is 0. The smallest absolute Gasteiger partial charge is 0.220 e. The van der Waals surface area contributed by atoms with Gasteiger partial charge in [-0.1, -0.05) is 60.7 Å². The Morgan fingerprint density at radius 2 is 1.42 bits per heavy atom. The van der Waals surface area contributed by atoms with Crippen LogP contribution < -0.4 is 0 Å². The molecule has 3 rings (SSSR count). The molecule has 1 aliphatic carbocycles. The summed E-state index contributed by atoms with van der Waals surface area (Å²) in [5.41, 5.74) is 0.190. The quantitative estimate of drug-likeness (QED) is 0.762. The van der Waals surface area contributed by atoms with E-state index in [4.69, 9.17) is 0 Å². The van der Waals surface area contributed by atoms with E-state index in [2.05, 4.69) is 0 Å². The molecule has 2 aromatic rings. The summed E-state index contributed by atoms with van der Waals surface area (Å²) >= 11 is 0. The molecule has 0 heterocycles. The first kappa shape index (κ1) is 16.8. The SMILES string of the molecule is O=S(=O)(c1ccccc1)C1(F)C(c2ccccc2)C=CCC1(F)F. The molecule has 0 bridgehead atoms. The number of hydrogen-bond donors (Lipinski definition) is 0. The first-order chi connectivity index (χ1) is 11.3. The highest BCUT2D eigenvalue weighted by molar-refractivity contribution is 7.92. The van der Waals surface area contributed by atoms with Crippen LogP contribution >= 0.6 is 0 Å². The molecule has 0 amide bonds. The van der Waals surface area contributed by atoms with Gasteiger partial charge in [0.2, 0.25) is 9.84 Å². The summed E-state index contributed by atoms with van der Waals surface area (Å²) in [7, 11) is -4.93. The lowest BCUT2D eigenvalue weighted by molar-refractivity contribution is -0.102. The summed E-state index contributed by atoms with van der Waals surface area (Å²) in [4.78, 5) is -0.455. The van der Waals surface area contributed by atoms with E-state index in [1.54, 1.807) is 18.2 Å². The van der Waals surface area contributed by atoms with Crippen molar-refractivity contribution >= 4 is 9.84 Å². The Bertz CT molecular complexity index is 848. The maximum Gasteiger partial charge on any atom is 0.300 e. The second-order valence-corrected chi connectivity index (χ2v) is 7.76. The second-order valence-electron chi connectivity index (χ2n) is 5.69. The van der Waals surface area contributed by atoms with Crippen molar-refractivity contribution in [1.29, 1.82) is 0 Å². The fraction of sp³-hybridized carbons (Fsp3) is 0.222. The highest BCUT2D eigenvalue weighted by Crippen LogP contribution is 2.54. The minimum Gasteiger partial charge on any atom is -0.220 e. The van der Waals surface area contributed by atoms with Gasteiger partial charge in [-0.2, -0.15) is 0 Å². The molecule has 1 aliphatic rings. The minimum absolute atomic E-state index is 0.190. The fourth-order valence-corrected chi connectivity index (χ4v) is 4.85. The van der Waals surface area contributed by atoms with E-state index in [1.807, 2.05) is 0 Å². The van der Waals surface area contributed by atoms with Crippen molar-refractivity contribution in [2.45, 2.75) is 28.2 Å². The van der Waals surface area contributed by atoms with E-state index >= 15 is 4.39 Å². The highest BCUT2D eigenvalue weighted by atomic mass is 32.2. The lowest BCUT2D eigenvalue weighted by atomic mass is 9.84. The van der Waals surface area contributed by atoms with Crippen LogP contribution in [0.4, 0.5) is 13.2 Å². The van der Waals surface area contributed by atoms with Gasteiger partial charge in [-0.3, -0.25) is 0 Å².